The minimum absolute atomic E-state index is 0.104. The molecule has 1 aromatic heterocycles. The van der Waals surface area contributed by atoms with Gasteiger partial charge >= 0.3 is 0 Å². The molecule has 0 atom stereocenters. The zero-order valence-corrected chi connectivity index (χ0v) is 14.0. The zero-order chi connectivity index (χ0) is 16.7. The number of rotatable bonds is 8. The van der Waals surface area contributed by atoms with Crippen LogP contribution in [0.3, 0.4) is 0 Å². The first-order valence-corrected chi connectivity index (χ1v) is 8.16. The summed E-state index contributed by atoms with van der Waals surface area (Å²) in [7, 11) is 0. The molecule has 0 aliphatic rings. The smallest absolute Gasteiger partial charge is 0.228 e. The molecule has 0 aliphatic heterocycles. The lowest BCUT2D eigenvalue weighted by Gasteiger charge is -2.26. The van der Waals surface area contributed by atoms with Gasteiger partial charge in [-0.25, -0.2) is 4.98 Å². The van der Waals surface area contributed by atoms with E-state index < -0.39 is 0 Å². The molecule has 0 saturated carbocycles. The predicted molar refractivity (Wildman–Crippen MR) is 93.4 cm³/mol. The highest BCUT2D eigenvalue weighted by molar-refractivity contribution is 5.95. The summed E-state index contributed by atoms with van der Waals surface area (Å²) in [5.74, 6) is 0.104. The van der Waals surface area contributed by atoms with Crippen molar-refractivity contribution in [1.29, 1.82) is 0 Å². The molecule has 0 bridgehead atoms. The minimum atomic E-state index is 0.104. The first-order valence-electron chi connectivity index (χ1n) is 8.16. The van der Waals surface area contributed by atoms with Crippen molar-refractivity contribution in [3.05, 3.63) is 48.0 Å². The van der Waals surface area contributed by atoms with Gasteiger partial charge in [0, 0.05) is 44.1 Å². The number of hydrogen-bond acceptors (Lipinski definition) is 3. The van der Waals surface area contributed by atoms with Crippen LogP contribution >= 0.6 is 0 Å². The third-order valence-corrected chi connectivity index (χ3v) is 3.98. The summed E-state index contributed by atoms with van der Waals surface area (Å²) in [6, 6.07) is 6.13. The van der Waals surface area contributed by atoms with Gasteiger partial charge in [-0.15, -0.1) is 0 Å². The highest BCUT2D eigenvalue weighted by Crippen LogP contribution is 2.25. The molecule has 124 valence electrons. The van der Waals surface area contributed by atoms with Crippen molar-refractivity contribution in [3.8, 4) is 0 Å². The fourth-order valence-corrected chi connectivity index (χ4v) is 2.83. The van der Waals surface area contributed by atoms with Crippen LogP contribution in [-0.2, 0) is 11.3 Å². The number of aryl methyl sites for hydroxylation is 3. The maximum Gasteiger partial charge on any atom is 0.228 e. The summed E-state index contributed by atoms with van der Waals surface area (Å²) in [5.41, 5.74) is 8.88. The highest BCUT2D eigenvalue weighted by atomic mass is 16.2. The molecule has 1 heterocycles. The average Bonchev–Trinajstić information content (AvgIpc) is 3.02. The van der Waals surface area contributed by atoms with Crippen LogP contribution in [0, 0.1) is 13.8 Å². The molecule has 5 heteroatoms. The van der Waals surface area contributed by atoms with E-state index in [9.17, 15) is 4.79 Å². The second kappa shape index (κ2) is 8.48. The number of carbonyl (C=O) groups excluding carboxylic acids is 1. The van der Waals surface area contributed by atoms with Crippen molar-refractivity contribution in [2.45, 2.75) is 39.7 Å². The van der Waals surface area contributed by atoms with E-state index in [-0.39, 0.29) is 5.91 Å². The van der Waals surface area contributed by atoms with E-state index in [1.54, 1.807) is 6.20 Å². The van der Waals surface area contributed by atoms with E-state index in [0.29, 0.717) is 13.0 Å². The van der Waals surface area contributed by atoms with Gasteiger partial charge in [0.05, 0.1) is 6.33 Å². The Labute approximate surface area is 138 Å². The van der Waals surface area contributed by atoms with Crippen LogP contribution in [0.25, 0.3) is 0 Å². The van der Waals surface area contributed by atoms with Crippen molar-refractivity contribution in [2.75, 3.05) is 18.0 Å². The molecule has 1 amide bonds. The van der Waals surface area contributed by atoms with E-state index in [0.717, 1.165) is 42.7 Å². The van der Waals surface area contributed by atoms with Gasteiger partial charge in [-0.05, 0) is 37.8 Å². The normalized spacial score (nSPS) is 10.7. The van der Waals surface area contributed by atoms with E-state index >= 15 is 0 Å². The third-order valence-electron chi connectivity index (χ3n) is 3.98. The Kier molecular flexibility index (Phi) is 6.35. The third kappa shape index (κ3) is 4.66. The molecule has 5 nitrogen and oxygen atoms in total. The van der Waals surface area contributed by atoms with Crippen LogP contribution in [-0.4, -0.2) is 28.5 Å². The largest absolute Gasteiger partial charge is 0.337 e. The van der Waals surface area contributed by atoms with E-state index in [1.807, 2.05) is 23.5 Å². The Balaban J connectivity index is 2.04. The molecule has 2 N–H and O–H groups in total. The highest BCUT2D eigenvalue weighted by Gasteiger charge is 2.18. The number of hydrogen-bond donors (Lipinski definition) is 1. The predicted octanol–water partition coefficient (Wildman–Crippen LogP) is 2.66. The SMILES string of the molecule is Cc1cccc(C)c1N(CCCCn1ccnc1)C(=O)CCN. The first-order chi connectivity index (χ1) is 11.1. The molecule has 1 aromatic carbocycles. The van der Waals surface area contributed by atoms with Crippen molar-refractivity contribution in [3.63, 3.8) is 0 Å². The van der Waals surface area contributed by atoms with E-state index in [1.165, 1.54) is 0 Å². The monoisotopic (exact) mass is 314 g/mol. The second-order valence-corrected chi connectivity index (χ2v) is 5.83. The van der Waals surface area contributed by atoms with Gasteiger partial charge in [0.2, 0.25) is 5.91 Å². The molecule has 0 saturated heterocycles. The minimum Gasteiger partial charge on any atom is -0.337 e. The number of amides is 1. The number of para-hydroxylation sites is 1. The van der Waals surface area contributed by atoms with Crippen molar-refractivity contribution >= 4 is 11.6 Å². The molecular weight excluding hydrogens is 288 g/mol. The van der Waals surface area contributed by atoms with Gasteiger partial charge in [0.15, 0.2) is 0 Å². The maximum atomic E-state index is 12.5. The topological polar surface area (TPSA) is 64.2 Å². The number of carbonyl (C=O) groups is 1. The average molecular weight is 314 g/mol. The van der Waals surface area contributed by atoms with Crippen LogP contribution < -0.4 is 10.6 Å². The Morgan fingerprint density at radius 1 is 1.26 bits per heavy atom. The Morgan fingerprint density at radius 3 is 2.61 bits per heavy atom. The van der Waals surface area contributed by atoms with Gasteiger partial charge in [-0.3, -0.25) is 4.79 Å². The maximum absolute atomic E-state index is 12.5. The summed E-state index contributed by atoms with van der Waals surface area (Å²) in [6.07, 6.45) is 7.91. The number of imidazole rings is 1. The molecule has 0 aliphatic carbocycles. The first kappa shape index (κ1) is 17.2. The van der Waals surface area contributed by atoms with E-state index in [2.05, 4.69) is 35.5 Å². The van der Waals surface area contributed by atoms with Gasteiger partial charge in [0.1, 0.15) is 0 Å². The summed E-state index contributed by atoms with van der Waals surface area (Å²) < 4.78 is 2.06. The number of anilines is 1. The number of nitrogens with two attached hydrogens (primary N) is 1. The van der Waals surface area contributed by atoms with Gasteiger partial charge in [0.25, 0.3) is 0 Å². The number of aromatic nitrogens is 2. The molecular formula is C18H26N4O. The summed E-state index contributed by atoms with van der Waals surface area (Å²) in [5, 5.41) is 0. The van der Waals surface area contributed by atoms with Crippen LogP contribution in [0.5, 0.6) is 0 Å². The van der Waals surface area contributed by atoms with E-state index in [4.69, 9.17) is 5.73 Å². The molecule has 2 rings (SSSR count). The second-order valence-electron chi connectivity index (χ2n) is 5.83. The Hall–Kier alpha value is -2.14. The molecule has 2 aromatic rings. The zero-order valence-electron chi connectivity index (χ0n) is 14.0. The molecule has 23 heavy (non-hydrogen) atoms. The van der Waals surface area contributed by atoms with Gasteiger partial charge in [-0.2, -0.15) is 0 Å². The van der Waals surface area contributed by atoms with Gasteiger partial charge in [-0.1, -0.05) is 18.2 Å². The van der Waals surface area contributed by atoms with Crippen LogP contribution in [0.15, 0.2) is 36.9 Å². The van der Waals surface area contributed by atoms with Crippen LogP contribution in [0.2, 0.25) is 0 Å². The number of nitrogens with zero attached hydrogens (tertiary/aromatic N) is 3. The fourth-order valence-electron chi connectivity index (χ4n) is 2.83. The van der Waals surface area contributed by atoms with Crippen LogP contribution in [0.1, 0.15) is 30.4 Å². The van der Waals surface area contributed by atoms with Crippen LogP contribution in [0.4, 0.5) is 5.69 Å². The molecule has 0 unspecified atom stereocenters. The number of unbranched alkanes of at least 4 members (excludes halogenated alkanes) is 1. The molecule has 0 fully saturated rings. The summed E-state index contributed by atoms with van der Waals surface area (Å²) in [4.78, 5) is 18.5. The van der Waals surface area contributed by atoms with Gasteiger partial charge < -0.3 is 15.2 Å². The Morgan fingerprint density at radius 2 is 2.00 bits per heavy atom. The van der Waals surface area contributed by atoms with Crippen molar-refractivity contribution in [2.24, 2.45) is 5.73 Å². The molecule has 0 radical (unpaired) electrons. The Bertz CT molecular complexity index is 602. The standard InChI is InChI=1S/C18H26N4O/c1-15-6-5-7-16(2)18(15)22(17(23)8-9-19)12-4-3-11-21-13-10-20-14-21/h5-7,10,13-14H,3-4,8-9,11-12,19H2,1-2H3. The van der Waals surface area contributed by atoms with Crippen molar-refractivity contribution < 1.29 is 4.79 Å². The number of benzene rings is 1. The lowest BCUT2D eigenvalue weighted by molar-refractivity contribution is -0.118. The molecule has 0 spiro atoms. The fraction of sp³-hybridized carbons (Fsp3) is 0.444. The summed E-state index contributed by atoms with van der Waals surface area (Å²) >= 11 is 0. The van der Waals surface area contributed by atoms with Crippen molar-refractivity contribution in [1.82, 2.24) is 9.55 Å². The summed E-state index contributed by atoms with van der Waals surface area (Å²) in [6.45, 7) is 6.13. The lowest BCUT2D eigenvalue weighted by Crippen LogP contribution is -2.34. The quantitative estimate of drug-likeness (QED) is 0.762. The lowest BCUT2D eigenvalue weighted by atomic mass is 10.1.